The van der Waals surface area contributed by atoms with Crippen molar-refractivity contribution in [1.82, 2.24) is 0 Å². The van der Waals surface area contributed by atoms with Gasteiger partial charge in [0, 0.05) is 21.2 Å². The number of carbonyl (C=O) groups excluding carboxylic acids is 1. The Bertz CT molecular complexity index is 393. The number of nitrogens with one attached hydrogen (secondary N) is 1. The summed E-state index contributed by atoms with van der Waals surface area (Å²) in [5, 5.41) is 2.92. The standard InChI is InChI=1S/C14H21NOS/c1-10(2)13(16)15-11-7-6-8-12(9-11)17-14(3,4)5/h6-10H,1-5H3,(H,15,16). The predicted molar refractivity (Wildman–Crippen MR) is 75.5 cm³/mol. The zero-order chi connectivity index (χ0) is 13.1. The molecule has 0 saturated carbocycles. The lowest BCUT2D eigenvalue weighted by Gasteiger charge is -2.18. The second-order valence-corrected chi connectivity index (χ2v) is 7.29. The van der Waals surface area contributed by atoms with Gasteiger partial charge < -0.3 is 5.32 Å². The molecule has 94 valence electrons. The number of carbonyl (C=O) groups is 1. The third-order valence-electron chi connectivity index (χ3n) is 2.05. The summed E-state index contributed by atoms with van der Waals surface area (Å²) in [5.41, 5.74) is 0.873. The first-order valence-corrected chi connectivity index (χ1v) is 6.69. The molecule has 0 aliphatic heterocycles. The Morgan fingerprint density at radius 1 is 1.29 bits per heavy atom. The van der Waals surface area contributed by atoms with Crippen LogP contribution in [-0.4, -0.2) is 10.7 Å². The van der Waals surface area contributed by atoms with Crippen molar-refractivity contribution in [2.24, 2.45) is 5.92 Å². The van der Waals surface area contributed by atoms with Crippen molar-refractivity contribution in [3.63, 3.8) is 0 Å². The van der Waals surface area contributed by atoms with Crippen LogP contribution in [0.4, 0.5) is 5.69 Å². The Morgan fingerprint density at radius 3 is 2.47 bits per heavy atom. The van der Waals surface area contributed by atoms with E-state index >= 15 is 0 Å². The van der Waals surface area contributed by atoms with Crippen LogP contribution >= 0.6 is 11.8 Å². The molecule has 2 nitrogen and oxygen atoms in total. The van der Waals surface area contributed by atoms with E-state index in [0.717, 1.165) is 5.69 Å². The molecule has 17 heavy (non-hydrogen) atoms. The molecule has 1 aromatic rings. The van der Waals surface area contributed by atoms with E-state index in [1.54, 1.807) is 11.8 Å². The van der Waals surface area contributed by atoms with Crippen LogP contribution < -0.4 is 5.32 Å². The predicted octanol–water partition coefficient (Wildman–Crippen LogP) is 4.17. The molecule has 0 atom stereocenters. The Labute approximate surface area is 108 Å². The van der Waals surface area contributed by atoms with E-state index in [2.05, 4.69) is 32.2 Å². The molecule has 0 aliphatic rings. The normalized spacial score (nSPS) is 11.6. The second-order valence-electron chi connectivity index (χ2n) is 5.39. The van der Waals surface area contributed by atoms with Gasteiger partial charge in [0.25, 0.3) is 0 Å². The molecule has 0 radical (unpaired) electrons. The summed E-state index contributed by atoms with van der Waals surface area (Å²) in [4.78, 5) is 12.8. The third kappa shape index (κ3) is 5.26. The molecule has 0 bridgehead atoms. The number of anilines is 1. The maximum absolute atomic E-state index is 11.6. The highest BCUT2D eigenvalue weighted by molar-refractivity contribution is 8.00. The zero-order valence-electron chi connectivity index (χ0n) is 11.2. The molecule has 0 aromatic heterocycles. The number of rotatable bonds is 3. The van der Waals surface area contributed by atoms with Crippen molar-refractivity contribution in [3.8, 4) is 0 Å². The van der Waals surface area contributed by atoms with Gasteiger partial charge in [0.1, 0.15) is 0 Å². The lowest BCUT2D eigenvalue weighted by molar-refractivity contribution is -0.118. The SMILES string of the molecule is CC(C)C(=O)Nc1cccc(SC(C)(C)C)c1. The van der Waals surface area contributed by atoms with Gasteiger partial charge in [0.2, 0.25) is 5.91 Å². The highest BCUT2D eigenvalue weighted by Crippen LogP contribution is 2.32. The number of hydrogen-bond acceptors (Lipinski definition) is 2. The minimum absolute atomic E-state index is 0.00826. The number of thioether (sulfide) groups is 1. The minimum atomic E-state index is 0.00826. The summed E-state index contributed by atoms with van der Waals surface area (Å²) < 4.78 is 0.181. The summed E-state index contributed by atoms with van der Waals surface area (Å²) in [6, 6.07) is 7.99. The van der Waals surface area contributed by atoms with Crippen LogP contribution in [0.25, 0.3) is 0 Å². The number of hydrogen-bond donors (Lipinski definition) is 1. The molecule has 0 heterocycles. The summed E-state index contributed by atoms with van der Waals surface area (Å²) in [6.07, 6.45) is 0. The molecule has 0 unspecified atom stereocenters. The fourth-order valence-electron chi connectivity index (χ4n) is 1.28. The summed E-state index contributed by atoms with van der Waals surface area (Å²) in [7, 11) is 0. The van der Waals surface area contributed by atoms with E-state index in [-0.39, 0.29) is 16.6 Å². The second kappa shape index (κ2) is 5.58. The van der Waals surface area contributed by atoms with Gasteiger partial charge in [-0.3, -0.25) is 4.79 Å². The van der Waals surface area contributed by atoms with E-state index in [1.807, 2.05) is 32.0 Å². The molecular formula is C14H21NOS. The fourth-order valence-corrected chi connectivity index (χ4v) is 2.32. The van der Waals surface area contributed by atoms with E-state index in [0.29, 0.717) is 0 Å². The van der Waals surface area contributed by atoms with Crippen LogP contribution in [-0.2, 0) is 4.79 Å². The smallest absolute Gasteiger partial charge is 0.226 e. The zero-order valence-corrected chi connectivity index (χ0v) is 12.0. The van der Waals surface area contributed by atoms with Crippen molar-refractivity contribution < 1.29 is 4.79 Å². The maximum atomic E-state index is 11.6. The Balaban J connectivity index is 2.76. The molecular weight excluding hydrogens is 230 g/mol. The third-order valence-corrected chi connectivity index (χ3v) is 3.15. The van der Waals surface area contributed by atoms with Crippen LogP contribution in [0.1, 0.15) is 34.6 Å². The molecule has 0 spiro atoms. The molecule has 3 heteroatoms. The number of benzene rings is 1. The van der Waals surface area contributed by atoms with E-state index < -0.39 is 0 Å². The molecule has 0 aliphatic carbocycles. The van der Waals surface area contributed by atoms with E-state index in [9.17, 15) is 4.79 Å². The van der Waals surface area contributed by atoms with Crippen molar-refractivity contribution in [2.45, 2.75) is 44.3 Å². The Hall–Kier alpha value is -0.960. The number of amides is 1. The maximum Gasteiger partial charge on any atom is 0.226 e. The summed E-state index contributed by atoms with van der Waals surface area (Å²) in [5.74, 6) is 0.0665. The van der Waals surface area contributed by atoms with Crippen molar-refractivity contribution >= 4 is 23.4 Å². The minimum Gasteiger partial charge on any atom is -0.326 e. The van der Waals surface area contributed by atoms with Crippen molar-refractivity contribution in [3.05, 3.63) is 24.3 Å². The Morgan fingerprint density at radius 2 is 1.94 bits per heavy atom. The average molecular weight is 251 g/mol. The first-order valence-electron chi connectivity index (χ1n) is 5.88. The highest BCUT2D eigenvalue weighted by Gasteiger charge is 2.13. The monoisotopic (exact) mass is 251 g/mol. The molecule has 1 aromatic carbocycles. The van der Waals surface area contributed by atoms with Gasteiger partial charge in [-0.1, -0.05) is 40.7 Å². The van der Waals surface area contributed by atoms with Crippen molar-refractivity contribution in [2.75, 3.05) is 5.32 Å². The molecule has 1 amide bonds. The van der Waals surface area contributed by atoms with Gasteiger partial charge in [0.15, 0.2) is 0 Å². The highest BCUT2D eigenvalue weighted by atomic mass is 32.2. The van der Waals surface area contributed by atoms with Gasteiger partial charge in [-0.25, -0.2) is 0 Å². The van der Waals surface area contributed by atoms with Crippen molar-refractivity contribution in [1.29, 1.82) is 0 Å². The Kier molecular flexibility index (Phi) is 4.63. The van der Waals surface area contributed by atoms with Gasteiger partial charge in [-0.2, -0.15) is 0 Å². The van der Waals surface area contributed by atoms with E-state index in [1.165, 1.54) is 4.90 Å². The van der Waals surface area contributed by atoms with Crippen LogP contribution in [0.2, 0.25) is 0 Å². The van der Waals surface area contributed by atoms with Crippen LogP contribution in [0.5, 0.6) is 0 Å². The average Bonchev–Trinajstić information content (AvgIpc) is 2.15. The fraction of sp³-hybridized carbons (Fsp3) is 0.500. The largest absolute Gasteiger partial charge is 0.326 e. The molecule has 1 N–H and O–H groups in total. The lowest BCUT2D eigenvalue weighted by Crippen LogP contribution is -2.17. The first-order chi connectivity index (χ1) is 7.78. The van der Waals surface area contributed by atoms with Crippen LogP contribution in [0.15, 0.2) is 29.2 Å². The topological polar surface area (TPSA) is 29.1 Å². The molecule has 0 saturated heterocycles. The first kappa shape index (κ1) is 14.1. The molecule has 1 rings (SSSR count). The van der Waals surface area contributed by atoms with Gasteiger partial charge in [-0.15, -0.1) is 11.8 Å². The van der Waals surface area contributed by atoms with E-state index in [4.69, 9.17) is 0 Å². The summed E-state index contributed by atoms with van der Waals surface area (Å²) >= 11 is 1.80. The van der Waals surface area contributed by atoms with Crippen LogP contribution in [0, 0.1) is 5.92 Å². The van der Waals surface area contributed by atoms with Gasteiger partial charge in [-0.05, 0) is 18.2 Å². The van der Waals surface area contributed by atoms with Crippen LogP contribution in [0.3, 0.4) is 0 Å². The van der Waals surface area contributed by atoms with Gasteiger partial charge in [0.05, 0.1) is 0 Å². The lowest BCUT2D eigenvalue weighted by atomic mass is 10.2. The molecule has 0 fully saturated rings. The van der Waals surface area contributed by atoms with Gasteiger partial charge >= 0.3 is 0 Å². The quantitative estimate of drug-likeness (QED) is 0.817. The summed E-state index contributed by atoms with van der Waals surface area (Å²) in [6.45, 7) is 10.3.